The van der Waals surface area contributed by atoms with Crippen molar-refractivity contribution in [1.29, 1.82) is 0 Å². The summed E-state index contributed by atoms with van der Waals surface area (Å²) in [5.41, 5.74) is 0.692. The van der Waals surface area contributed by atoms with Crippen LogP contribution in [-0.2, 0) is 9.59 Å². The van der Waals surface area contributed by atoms with Gasteiger partial charge < -0.3 is 9.64 Å². The van der Waals surface area contributed by atoms with Crippen LogP contribution in [0.3, 0.4) is 0 Å². The largest absolute Gasteiger partial charge is 0.496 e. The number of thiazole rings is 1. The van der Waals surface area contributed by atoms with Crippen molar-refractivity contribution < 1.29 is 19.1 Å². The van der Waals surface area contributed by atoms with Gasteiger partial charge in [-0.15, -0.1) is 17.3 Å². The number of carbonyl (C=O) groups is 3. The van der Waals surface area contributed by atoms with Gasteiger partial charge in [-0.2, -0.15) is 0 Å². The number of benzene rings is 1. The summed E-state index contributed by atoms with van der Waals surface area (Å²) in [6.07, 6.45) is 3.43. The molecule has 2 aliphatic rings. The van der Waals surface area contributed by atoms with E-state index >= 15 is 0 Å². The highest BCUT2D eigenvalue weighted by Crippen LogP contribution is 2.48. The van der Waals surface area contributed by atoms with Gasteiger partial charge in [-0.25, -0.2) is 4.98 Å². The van der Waals surface area contributed by atoms with Crippen LogP contribution in [0.25, 0.3) is 0 Å². The van der Waals surface area contributed by atoms with Gasteiger partial charge >= 0.3 is 0 Å². The van der Waals surface area contributed by atoms with E-state index in [0.717, 1.165) is 0 Å². The number of likely N-dealkylation sites (tertiary alicyclic amines) is 1. The minimum atomic E-state index is -0.929. The zero-order chi connectivity index (χ0) is 22.9. The molecule has 166 valence electrons. The molecule has 1 saturated carbocycles. The van der Waals surface area contributed by atoms with Crippen molar-refractivity contribution in [2.24, 2.45) is 5.41 Å². The van der Waals surface area contributed by atoms with E-state index in [1.54, 1.807) is 35.5 Å². The third-order valence-corrected chi connectivity index (χ3v) is 7.41. The number of piperidine rings is 1. The molecular weight excluding hydrogens is 448 g/mol. The first kappa shape index (κ1) is 22.5. The fraction of sp³-hybridized carbons (Fsp3) is 0.417. The van der Waals surface area contributed by atoms with Crippen molar-refractivity contribution >= 4 is 40.4 Å². The molecule has 0 N–H and O–H groups in total. The molecule has 4 rings (SSSR count). The Labute approximate surface area is 195 Å². The molecule has 0 bridgehead atoms. The van der Waals surface area contributed by atoms with Gasteiger partial charge in [0.15, 0.2) is 5.01 Å². The highest BCUT2D eigenvalue weighted by Gasteiger charge is 2.48. The number of ether oxygens (including phenoxy) is 1. The number of nitrogens with zero attached hydrogens (tertiary/aromatic N) is 2. The van der Waals surface area contributed by atoms with Crippen LogP contribution in [0, 0.1) is 17.3 Å². The van der Waals surface area contributed by atoms with Crippen molar-refractivity contribution in [3.05, 3.63) is 44.9 Å². The average Bonchev–Trinajstić information content (AvgIpc) is 3.29. The van der Waals surface area contributed by atoms with Crippen LogP contribution < -0.4 is 4.74 Å². The Morgan fingerprint density at radius 1 is 1.25 bits per heavy atom. The molecule has 1 aliphatic carbocycles. The molecule has 0 atom stereocenters. The summed E-state index contributed by atoms with van der Waals surface area (Å²) < 4.78 is 5.47. The number of carbonyl (C=O) groups excluding carboxylic acids is 3. The van der Waals surface area contributed by atoms with E-state index in [0.29, 0.717) is 65.7 Å². The van der Waals surface area contributed by atoms with Gasteiger partial charge in [-0.05, 0) is 37.3 Å². The SMILES string of the molecule is CC#Cc1cc(Cl)c(C2C(=O)CC3(CCN(C(=O)c4nccs4)CC3)CC2=O)c(OC)c1. The number of aromatic nitrogens is 1. The van der Waals surface area contributed by atoms with Crippen molar-refractivity contribution in [1.82, 2.24) is 9.88 Å². The predicted molar refractivity (Wildman–Crippen MR) is 122 cm³/mol. The van der Waals surface area contributed by atoms with Gasteiger partial charge in [0.25, 0.3) is 5.91 Å². The molecule has 2 fully saturated rings. The number of Topliss-reactive ketones (excluding diaryl/α,β-unsaturated/α-hetero) is 2. The first-order valence-electron chi connectivity index (χ1n) is 10.4. The predicted octanol–water partition coefficient (Wildman–Crippen LogP) is 4.11. The van der Waals surface area contributed by atoms with Crippen LogP contribution >= 0.6 is 22.9 Å². The zero-order valence-electron chi connectivity index (χ0n) is 17.9. The van der Waals surface area contributed by atoms with Gasteiger partial charge in [0.05, 0.1) is 7.11 Å². The Morgan fingerprint density at radius 3 is 2.50 bits per heavy atom. The third-order valence-electron chi connectivity index (χ3n) is 6.34. The monoisotopic (exact) mass is 470 g/mol. The second-order valence-corrected chi connectivity index (χ2v) is 9.60. The molecule has 0 unspecified atom stereocenters. The standard InChI is InChI=1S/C24H23ClN2O4S/c1-3-4-15-11-16(25)20(19(12-15)31-2)21-17(28)13-24(14-18(21)29)5-8-27(9-6-24)23(30)22-26-7-10-32-22/h7,10-12,21H,5-6,8-9,13-14H2,1-2H3. The molecule has 1 aromatic carbocycles. The summed E-state index contributed by atoms with van der Waals surface area (Å²) >= 11 is 7.81. The zero-order valence-corrected chi connectivity index (χ0v) is 19.5. The van der Waals surface area contributed by atoms with Crippen LogP contribution in [0.5, 0.6) is 5.75 Å². The maximum atomic E-state index is 13.3. The summed E-state index contributed by atoms with van der Waals surface area (Å²) in [5, 5.41) is 2.56. The van der Waals surface area contributed by atoms with Gasteiger partial charge in [-0.3, -0.25) is 14.4 Å². The van der Waals surface area contributed by atoms with E-state index in [4.69, 9.17) is 16.3 Å². The molecule has 1 aromatic heterocycles. The Morgan fingerprint density at radius 2 is 1.94 bits per heavy atom. The van der Waals surface area contributed by atoms with Crippen LogP contribution in [0.2, 0.25) is 5.02 Å². The molecule has 6 nitrogen and oxygen atoms in total. The van der Waals surface area contributed by atoms with Crippen LogP contribution in [0.4, 0.5) is 0 Å². The lowest BCUT2D eigenvalue weighted by Gasteiger charge is -2.44. The van der Waals surface area contributed by atoms with Crippen LogP contribution in [0.1, 0.15) is 59.5 Å². The molecule has 1 spiro atoms. The minimum Gasteiger partial charge on any atom is -0.496 e. The summed E-state index contributed by atoms with van der Waals surface area (Å²) in [6.45, 7) is 2.74. The molecular formula is C24H23ClN2O4S. The van der Waals surface area contributed by atoms with E-state index in [-0.39, 0.29) is 17.5 Å². The fourth-order valence-electron chi connectivity index (χ4n) is 4.77. The van der Waals surface area contributed by atoms with Crippen molar-refractivity contribution in [3.8, 4) is 17.6 Å². The van der Waals surface area contributed by atoms with Crippen molar-refractivity contribution in [2.75, 3.05) is 20.2 Å². The lowest BCUT2D eigenvalue weighted by atomic mass is 9.63. The first-order valence-corrected chi connectivity index (χ1v) is 11.7. The van der Waals surface area contributed by atoms with Gasteiger partial charge in [0.2, 0.25) is 0 Å². The maximum absolute atomic E-state index is 13.3. The van der Waals surface area contributed by atoms with Crippen molar-refractivity contribution in [3.63, 3.8) is 0 Å². The summed E-state index contributed by atoms with van der Waals surface area (Å²) in [5.74, 6) is 4.83. The molecule has 8 heteroatoms. The topological polar surface area (TPSA) is 76.6 Å². The second kappa shape index (κ2) is 9.05. The number of halogens is 1. The van der Waals surface area contributed by atoms with E-state index in [1.165, 1.54) is 18.4 Å². The van der Waals surface area contributed by atoms with E-state index < -0.39 is 11.3 Å². The summed E-state index contributed by atoms with van der Waals surface area (Å²) in [6, 6.07) is 3.38. The number of rotatable bonds is 3. The third kappa shape index (κ3) is 4.17. The number of ketones is 2. The number of amides is 1. The van der Waals surface area contributed by atoms with E-state index in [2.05, 4.69) is 16.8 Å². The molecule has 1 saturated heterocycles. The number of hydrogen-bond acceptors (Lipinski definition) is 6. The van der Waals surface area contributed by atoms with Crippen molar-refractivity contribution in [2.45, 2.75) is 38.5 Å². The van der Waals surface area contributed by atoms with Gasteiger partial charge in [0.1, 0.15) is 23.2 Å². The molecule has 32 heavy (non-hydrogen) atoms. The molecule has 1 amide bonds. The van der Waals surface area contributed by atoms with Gasteiger partial charge in [0, 0.05) is 53.7 Å². The number of hydrogen-bond donors (Lipinski definition) is 0. The maximum Gasteiger partial charge on any atom is 0.282 e. The highest BCUT2D eigenvalue weighted by atomic mass is 35.5. The molecule has 1 aliphatic heterocycles. The fourth-order valence-corrected chi connectivity index (χ4v) is 5.69. The Balaban J connectivity index is 1.52. The van der Waals surface area contributed by atoms with Crippen LogP contribution in [0.15, 0.2) is 23.7 Å². The Kier molecular flexibility index (Phi) is 6.36. The Bertz CT molecular complexity index is 1100. The quantitative estimate of drug-likeness (QED) is 0.498. The lowest BCUT2D eigenvalue weighted by molar-refractivity contribution is -0.138. The summed E-state index contributed by atoms with van der Waals surface area (Å²) in [7, 11) is 1.49. The molecule has 2 heterocycles. The number of methoxy groups -OCH3 is 1. The molecule has 0 radical (unpaired) electrons. The Hall–Kier alpha value is -2.69. The smallest absolute Gasteiger partial charge is 0.282 e. The van der Waals surface area contributed by atoms with Gasteiger partial charge in [-0.1, -0.05) is 17.5 Å². The lowest BCUT2D eigenvalue weighted by Crippen LogP contribution is -2.48. The van der Waals surface area contributed by atoms with E-state index in [9.17, 15) is 14.4 Å². The van der Waals surface area contributed by atoms with Crippen LogP contribution in [-0.4, -0.2) is 47.6 Å². The van der Waals surface area contributed by atoms with E-state index in [1.807, 2.05) is 0 Å². The second-order valence-electron chi connectivity index (χ2n) is 8.30. The average molecular weight is 471 g/mol. The minimum absolute atomic E-state index is 0.0898. The normalized spacial score (nSPS) is 18.4. The highest BCUT2D eigenvalue weighted by molar-refractivity contribution is 7.11. The summed E-state index contributed by atoms with van der Waals surface area (Å²) in [4.78, 5) is 45.0. The molecule has 2 aromatic rings. The first-order chi connectivity index (χ1) is 15.4.